The number of ether oxygens (including phenoxy) is 1. The largest absolute Gasteiger partial charge is 0.437 e. The van der Waals surface area contributed by atoms with E-state index in [-0.39, 0.29) is 34.2 Å². The van der Waals surface area contributed by atoms with Crippen LogP contribution in [-0.4, -0.2) is 28.9 Å². The van der Waals surface area contributed by atoms with Crippen molar-refractivity contribution < 1.29 is 22.7 Å². The Hall–Kier alpha value is -3.76. The van der Waals surface area contributed by atoms with Gasteiger partial charge in [-0.25, -0.2) is 4.98 Å². The summed E-state index contributed by atoms with van der Waals surface area (Å²) < 4.78 is 45.7. The van der Waals surface area contributed by atoms with Crippen molar-refractivity contribution in [3.63, 3.8) is 0 Å². The molecule has 1 aromatic carbocycles. The van der Waals surface area contributed by atoms with Crippen LogP contribution in [-0.2, 0) is 6.18 Å². The first-order chi connectivity index (χ1) is 13.2. The van der Waals surface area contributed by atoms with Gasteiger partial charge < -0.3 is 26.5 Å². The summed E-state index contributed by atoms with van der Waals surface area (Å²) in [7, 11) is 1.45. The minimum Gasteiger partial charge on any atom is -0.437 e. The van der Waals surface area contributed by atoms with Crippen molar-refractivity contribution in [2.45, 2.75) is 6.18 Å². The summed E-state index contributed by atoms with van der Waals surface area (Å²) in [5.41, 5.74) is 10.3. The highest BCUT2D eigenvalue weighted by molar-refractivity contribution is 6.05. The fourth-order valence-electron chi connectivity index (χ4n) is 2.46. The zero-order chi connectivity index (χ0) is 20.5. The van der Waals surface area contributed by atoms with Crippen molar-refractivity contribution >= 4 is 28.5 Å². The van der Waals surface area contributed by atoms with Crippen LogP contribution < -0.4 is 21.5 Å². The number of benzene rings is 1. The lowest BCUT2D eigenvalue weighted by molar-refractivity contribution is -0.136. The quantitative estimate of drug-likeness (QED) is 0.400. The van der Waals surface area contributed by atoms with Crippen LogP contribution in [0.15, 0.2) is 41.5 Å². The molecule has 1 amide bonds. The molecule has 2 heterocycles. The second-order valence-corrected chi connectivity index (χ2v) is 5.66. The van der Waals surface area contributed by atoms with Gasteiger partial charge in [0.1, 0.15) is 5.69 Å². The average molecular weight is 392 g/mol. The summed E-state index contributed by atoms with van der Waals surface area (Å²) in [6, 6.07) is 5.98. The third-order valence-corrected chi connectivity index (χ3v) is 3.74. The van der Waals surface area contributed by atoms with E-state index in [0.717, 1.165) is 18.2 Å². The lowest BCUT2D eigenvalue weighted by Crippen LogP contribution is -2.28. The minimum absolute atomic E-state index is 0.0331. The molecule has 28 heavy (non-hydrogen) atoms. The predicted octanol–water partition coefficient (Wildman–Crippen LogP) is 2.63. The molecule has 0 radical (unpaired) electrons. The number of hydrogen-bond acceptors (Lipinski definition) is 4. The maximum Gasteiger partial charge on any atom is 0.417 e. The number of aromatic nitrogens is 2. The van der Waals surface area contributed by atoms with Crippen molar-refractivity contribution in [3.8, 4) is 11.6 Å². The van der Waals surface area contributed by atoms with E-state index in [9.17, 15) is 18.0 Å². The smallest absolute Gasteiger partial charge is 0.417 e. The Morgan fingerprint density at radius 1 is 1.29 bits per heavy atom. The molecule has 6 N–H and O–H groups in total. The molecule has 0 spiro atoms. The first-order valence-electron chi connectivity index (χ1n) is 7.87. The third kappa shape index (κ3) is 3.82. The number of H-pyrrole nitrogens is 1. The van der Waals surface area contributed by atoms with Crippen LogP contribution in [0.25, 0.3) is 10.9 Å². The van der Waals surface area contributed by atoms with Crippen molar-refractivity contribution in [1.82, 2.24) is 15.3 Å². The zero-order valence-electron chi connectivity index (χ0n) is 14.5. The highest BCUT2D eigenvalue weighted by Gasteiger charge is 2.34. The lowest BCUT2D eigenvalue weighted by atomic mass is 10.1. The molecule has 0 aliphatic rings. The molecule has 8 nitrogen and oxygen atoms in total. The van der Waals surface area contributed by atoms with E-state index in [2.05, 4.69) is 20.3 Å². The number of nitrogen functional groups attached to an aromatic ring is 1. The number of aromatic amines is 1. The second-order valence-electron chi connectivity index (χ2n) is 5.66. The molecule has 3 aromatic rings. The topological polar surface area (TPSA) is 131 Å². The molecule has 0 unspecified atom stereocenters. The number of nitrogens with zero attached hydrogens (tertiary/aromatic N) is 2. The maximum absolute atomic E-state index is 13.4. The van der Waals surface area contributed by atoms with Gasteiger partial charge in [-0.1, -0.05) is 0 Å². The number of halogens is 3. The van der Waals surface area contributed by atoms with Crippen molar-refractivity contribution in [3.05, 3.63) is 47.8 Å². The van der Waals surface area contributed by atoms with Crippen LogP contribution in [0.5, 0.6) is 11.6 Å². The summed E-state index contributed by atoms with van der Waals surface area (Å²) in [4.78, 5) is 22.3. The monoisotopic (exact) mass is 392 g/mol. The van der Waals surface area contributed by atoms with Gasteiger partial charge >= 0.3 is 6.18 Å². The number of hydrogen-bond donors (Lipinski definition) is 4. The average Bonchev–Trinajstić information content (AvgIpc) is 3.06. The van der Waals surface area contributed by atoms with Crippen molar-refractivity contribution in [1.29, 1.82) is 0 Å². The molecule has 3 rings (SSSR count). The SMILES string of the molecule is CNC(N)=NC(=O)c1cc2c(C(F)(F)F)ccc(Oc3cc(N)ccn3)c2[nH]1. The summed E-state index contributed by atoms with van der Waals surface area (Å²) in [6.45, 7) is 0. The maximum atomic E-state index is 13.4. The number of anilines is 1. The van der Waals surface area contributed by atoms with E-state index >= 15 is 0 Å². The molecule has 11 heteroatoms. The van der Waals surface area contributed by atoms with Crippen LogP contribution >= 0.6 is 0 Å². The molecule has 0 saturated heterocycles. The molecule has 0 fully saturated rings. The molecule has 0 bridgehead atoms. The number of carbonyl (C=O) groups is 1. The number of guanidine groups is 1. The Kier molecular flexibility index (Phi) is 4.82. The Balaban J connectivity index is 2.14. The van der Waals surface area contributed by atoms with E-state index in [0.29, 0.717) is 5.69 Å². The molecule has 0 saturated carbocycles. The predicted molar refractivity (Wildman–Crippen MR) is 97.0 cm³/mol. The van der Waals surface area contributed by atoms with Gasteiger partial charge in [-0.05, 0) is 24.3 Å². The molecular weight excluding hydrogens is 377 g/mol. The minimum atomic E-state index is -4.64. The first-order valence-corrected chi connectivity index (χ1v) is 7.87. The van der Waals surface area contributed by atoms with Gasteiger partial charge in [0, 0.05) is 30.4 Å². The molecule has 146 valence electrons. The number of amides is 1. The van der Waals surface area contributed by atoms with Gasteiger partial charge in [-0.15, -0.1) is 0 Å². The van der Waals surface area contributed by atoms with Gasteiger partial charge in [0.05, 0.1) is 11.1 Å². The Morgan fingerprint density at radius 2 is 2.04 bits per heavy atom. The van der Waals surface area contributed by atoms with E-state index in [1.807, 2.05) is 0 Å². The van der Waals surface area contributed by atoms with Crippen LogP contribution in [0.3, 0.4) is 0 Å². The number of nitrogens with one attached hydrogen (secondary N) is 2. The van der Waals surface area contributed by atoms with Crippen LogP contribution in [0.1, 0.15) is 16.1 Å². The molecule has 0 aliphatic heterocycles. The molecule has 0 atom stereocenters. The normalized spacial score (nSPS) is 12.2. The number of alkyl halides is 3. The Bertz CT molecular complexity index is 1070. The number of carbonyl (C=O) groups excluding carboxylic acids is 1. The number of nitrogens with two attached hydrogens (primary N) is 2. The highest BCUT2D eigenvalue weighted by Crippen LogP contribution is 2.39. The Labute approximate surface area is 156 Å². The molecular formula is C17H15F3N6O2. The molecule has 0 aliphatic carbocycles. The fraction of sp³-hybridized carbons (Fsp3) is 0.118. The third-order valence-electron chi connectivity index (χ3n) is 3.74. The highest BCUT2D eigenvalue weighted by atomic mass is 19.4. The van der Waals surface area contributed by atoms with Crippen LogP contribution in [0.2, 0.25) is 0 Å². The van der Waals surface area contributed by atoms with E-state index in [4.69, 9.17) is 16.2 Å². The zero-order valence-corrected chi connectivity index (χ0v) is 14.5. The molecule has 2 aromatic heterocycles. The van der Waals surface area contributed by atoms with Crippen molar-refractivity contribution in [2.75, 3.05) is 12.8 Å². The van der Waals surface area contributed by atoms with Gasteiger partial charge in [-0.2, -0.15) is 18.2 Å². The van der Waals surface area contributed by atoms with Crippen LogP contribution in [0, 0.1) is 0 Å². The fourth-order valence-corrected chi connectivity index (χ4v) is 2.46. The van der Waals surface area contributed by atoms with Gasteiger partial charge in [0.2, 0.25) is 5.88 Å². The number of rotatable bonds is 3. The summed E-state index contributed by atoms with van der Waals surface area (Å²) >= 11 is 0. The van der Waals surface area contributed by atoms with Gasteiger partial charge in [0.15, 0.2) is 11.7 Å². The summed E-state index contributed by atoms with van der Waals surface area (Å²) in [6.07, 6.45) is -3.24. The Morgan fingerprint density at radius 3 is 2.68 bits per heavy atom. The van der Waals surface area contributed by atoms with Gasteiger partial charge in [0.25, 0.3) is 5.91 Å². The number of fused-ring (bicyclic) bond motifs is 1. The van der Waals surface area contributed by atoms with E-state index in [1.54, 1.807) is 0 Å². The summed E-state index contributed by atoms with van der Waals surface area (Å²) in [5, 5.41) is 2.20. The van der Waals surface area contributed by atoms with Crippen molar-refractivity contribution in [2.24, 2.45) is 10.7 Å². The number of pyridine rings is 1. The first kappa shape index (κ1) is 19.0. The number of aliphatic imine (C=N–C) groups is 1. The van der Waals surface area contributed by atoms with Gasteiger partial charge in [-0.3, -0.25) is 4.79 Å². The van der Waals surface area contributed by atoms with E-state index in [1.165, 1.54) is 25.4 Å². The second kappa shape index (κ2) is 7.10. The lowest BCUT2D eigenvalue weighted by Gasteiger charge is -2.11. The summed E-state index contributed by atoms with van der Waals surface area (Å²) in [5.74, 6) is -0.906. The van der Waals surface area contributed by atoms with E-state index < -0.39 is 17.6 Å². The standard InChI is InChI=1S/C17H15F3N6O2/c1-23-16(22)26-15(27)11-7-9-10(17(18,19)20)2-3-12(14(9)25-11)28-13-6-8(21)4-5-24-13/h2-7,25H,1H3,(H2,21,24)(H3,22,23,26,27). The van der Waals surface area contributed by atoms with Crippen LogP contribution in [0.4, 0.5) is 18.9 Å².